The van der Waals surface area contributed by atoms with Crippen molar-refractivity contribution in [1.82, 2.24) is 19.3 Å². The second kappa shape index (κ2) is 4.44. The Bertz CT molecular complexity index is 686. The lowest BCUT2D eigenvalue weighted by Gasteiger charge is -2.31. The Hall–Kier alpha value is -1.63. The molecule has 0 bridgehead atoms. The summed E-state index contributed by atoms with van der Waals surface area (Å²) in [5.74, 6) is 0.238. The lowest BCUT2D eigenvalue weighted by atomic mass is 9.91. The van der Waals surface area contributed by atoms with Gasteiger partial charge in [0.05, 0.1) is 23.4 Å². The number of piperidine rings is 1. The highest BCUT2D eigenvalue weighted by Gasteiger charge is 2.39. The first-order valence-corrected chi connectivity index (χ1v) is 7.44. The molecule has 2 aromatic heterocycles. The topological polar surface area (TPSA) is 59.7 Å². The Morgan fingerprint density at radius 3 is 3.20 bits per heavy atom. The number of hydrogen-bond acceptors (Lipinski definition) is 4. The zero-order chi connectivity index (χ0) is 13.7. The molecule has 7 heteroatoms. The molecule has 0 aromatic carbocycles. The van der Waals surface area contributed by atoms with Crippen molar-refractivity contribution in [2.24, 2.45) is 0 Å². The quantitative estimate of drug-likeness (QED) is 0.800. The van der Waals surface area contributed by atoms with Crippen molar-refractivity contribution in [3.05, 3.63) is 29.0 Å². The largest absolute Gasteiger partial charge is 0.447 e. The average Bonchev–Trinajstić information content (AvgIpc) is 3.01. The number of ether oxygens (including phenoxy) is 1. The molecule has 4 heterocycles. The van der Waals surface area contributed by atoms with Gasteiger partial charge in [-0.25, -0.2) is 9.78 Å². The van der Waals surface area contributed by atoms with Crippen LogP contribution in [0.25, 0.3) is 5.52 Å². The fraction of sp³-hybridized carbons (Fsp3) is 0.462. The summed E-state index contributed by atoms with van der Waals surface area (Å²) in [5, 5.41) is 0. The standard InChI is InChI=1S/C13H13BrN4O2/c14-12-16-11(10-5-15-3-4-17(10)12)8-1-2-9-7-20-13(19)18(9)6-8/h3-5,8-9H,1-2,6-7H2/t8-,9+/m1/s1. The van der Waals surface area contributed by atoms with Gasteiger partial charge < -0.3 is 9.64 Å². The summed E-state index contributed by atoms with van der Waals surface area (Å²) in [6.45, 7) is 1.21. The van der Waals surface area contributed by atoms with Gasteiger partial charge in [-0.15, -0.1) is 0 Å². The summed E-state index contributed by atoms with van der Waals surface area (Å²) >= 11 is 3.47. The molecule has 2 fully saturated rings. The van der Waals surface area contributed by atoms with Crippen molar-refractivity contribution in [3.8, 4) is 0 Å². The molecule has 0 N–H and O–H groups in total. The minimum absolute atomic E-state index is 0.194. The molecule has 1 amide bonds. The maximum atomic E-state index is 11.7. The van der Waals surface area contributed by atoms with Gasteiger partial charge in [0.1, 0.15) is 6.61 Å². The predicted molar refractivity (Wildman–Crippen MR) is 74.5 cm³/mol. The molecule has 2 atom stereocenters. The molecule has 2 saturated heterocycles. The van der Waals surface area contributed by atoms with Gasteiger partial charge in [0, 0.05) is 24.9 Å². The zero-order valence-corrected chi connectivity index (χ0v) is 12.3. The predicted octanol–water partition coefficient (Wildman–Crippen LogP) is 2.19. The second-order valence-corrected chi connectivity index (χ2v) is 5.96. The third-order valence-electron chi connectivity index (χ3n) is 4.16. The van der Waals surface area contributed by atoms with E-state index in [1.165, 1.54) is 0 Å². The highest BCUT2D eigenvalue weighted by molar-refractivity contribution is 9.10. The molecular weight excluding hydrogens is 324 g/mol. The van der Waals surface area contributed by atoms with E-state index in [4.69, 9.17) is 4.74 Å². The van der Waals surface area contributed by atoms with Crippen LogP contribution in [0.1, 0.15) is 24.5 Å². The Morgan fingerprint density at radius 2 is 2.30 bits per heavy atom. The van der Waals surface area contributed by atoms with Gasteiger partial charge in [0.2, 0.25) is 0 Å². The number of halogens is 1. The van der Waals surface area contributed by atoms with Crippen LogP contribution in [0.4, 0.5) is 4.79 Å². The smallest absolute Gasteiger partial charge is 0.410 e. The SMILES string of the molecule is O=C1OC[C@@H]2CC[C@@H](c3nc(Br)n4ccncc34)CN12. The van der Waals surface area contributed by atoms with Crippen molar-refractivity contribution >= 4 is 27.5 Å². The Morgan fingerprint density at radius 1 is 1.40 bits per heavy atom. The van der Waals surface area contributed by atoms with Gasteiger partial charge >= 0.3 is 6.09 Å². The number of carbonyl (C=O) groups excluding carboxylic acids is 1. The monoisotopic (exact) mass is 336 g/mol. The average molecular weight is 337 g/mol. The van der Waals surface area contributed by atoms with Crippen LogP contribution in [0, 0.1) is 0 Å². The third kappa shape index (κ3) is 1.72. The normalized spacial score (nSPS) is 25.9. The maximum Gasteiger partial charge on any atom is 0.410 e. The van der Waals surface area contributed by atoms with E-state index in [1.54, 1.807) is 6.20 Å². The minimum atomic E-state index is -0.194. The summed E-state index contributed by atoms with van der Waals surface area (Å²) < 4.78 is 7.86. The molecular formula is C13H13BrN4O2. The first-order chi connectivity index (χ1) is 9.74. The van der Waals surface area contributed by atoms with Crippen molar-refractivity contribution in [1.29, 1.82) is 0 Å². The highest BCUT2D eigenvalue weighted by Crippen LogP contribution is 2.35. The Balaban J connectivity index is 1.71. The summed E-state index contributed by atoms with van der Waals surface area (Å²) in [7, 11) is 0. The van der Waals surface area contributed by atoms with E-state index in [0.717, 1.165) is 28.8 Å². The Labute approximate surface area is 123 Å². The first-order valence-electron chi connectivity index (χ1n) is 6.65. The molecule has 2 aliphatic heterocycles. The number of fused-ring (bicyclic) bond motifs is 2. The lowest BCUT2D eigenvalue weighted by Crippen LogP contribution is -2.41. The van der Waals surface area contributed by atoms with Crippen LogP contribution < -0.4 is 0 Å². The van der Waals surface area contributed by atoms with E-state index in [2.05, 4.69) is 25.9 Å². The zero-order valence-electron chi connectivity index (χ0n) is 10.7. The lowest BCUT2D eigenvalue weighted by molar-refractivity contribution is 0.150. The van der Waals surface area contributed by atoms with Gasteiger partial charge in [0.15, 0.2) is 4.73 Å². The van der Waals surface area contributed by atoms with Gasteiger partial charge in [-0.2, -0.15) is 0 Å². The summed E-state index contributed by atoms with van der Waals surface area (Å²) in [6.07, 6.45) is 7.23. The van der Waals surface area contributed by atoms with E-state index in [0.29, 0.717) is 13.2 Å². The van der Waals surface area contributed by atoms with E-state index in [-0.39, 0.29) is 18.1 Å². The molecule has 2 aliphatic rings. The molecule has 0 radical (unpaired) electrons. The van der Waals surface area contributed by atoms with Crippen molar-refractivity contribution in [2.75, 3.05) is 13.2 Å². The van der Waals surface area contributed by atoms with Crippen molar-refractivity contribution < 1.29 is 9.53 Å². The second-order valence-electron chi connectivity index (χ2n) is 5.26. The fourth-order valence-corrected chi connectivity index (χ4v) is 3.62. The van der Waals surface area contributed by atoms with Gasteiger partial charge in [-0.05, 0) is 28.8 Å². The number of nitrogens with zero attached hydrogens (tertiary/aromatic N) is 4. The molecule has 0 spiro atoms. The van der Waals surface area contributed by atoms with Crippen LogP contribution >= 0.6 is 15.9 Å². The number of hydrogen-bond donors (Lipinski definition) is 0. The maximum absolute atomic E-state index is 11.7. The molecule has 0 unspecified atom stereocenters. The summed E-state index contributed by atoms with van der Waals surface area (Å²) in [4.78, 5) is 22.3. The molecule has 0 aliphatic carbocycles. The Kier molecular flexibility index (Phi) is 2.70. The van der Waals surface area contributed by atoms with Crippen molar-refractivity contribution in [2.45, 2.75) is 24.8 Å². The van der Waals surface area contributed by atoms with Crippen LogP contribution in [0.15, 0.2) is 23.3 Å². The van der Waals surface area contributed by atoms with Crippen LogP contribution in [0.2, 0.25) is 0 Å². The number of imidazole rings is 1. The third-order valence-corrected chi connectivity index (χ3v) is 4.72. The number of amides is 1. The summed E-state index contributed by atoms with van der Waals surface area (Å²) in [6, 6.07) is 0.245. The molecule has 2 aromatic rings. The van der Waals surface area contributed by atoms with Crippen LogP contribution in [0.3, 0.4) is 0 Å². The van der Waals surface area contributed by atoms with E-state index in [9.17, 15) is 4.79 Å². The molecule has 4 rings (SSSR count). The number of aromatic nitrogens is 3. The van der Waals surface area contributed by atoms with Crippen LogP contribution in [-0.2, 0) is 4.74 Å². The van der Waals surface area contributed by atoms with Gasteiger partial charge in [-0.3, -0.25) is 9.38 Å². The van der Waals surface area contributed by atoms with Crippen molar-refractivity contribution in [3.63, 3.8) is 0 Å². The minimum Gasteiger partial charge on any atom is -0.447 e. The molecule has 20 heavy (non-hydrogen) atoms. The number of carbonyl (C=O) groups is 1. The van der Waals surface area contributed by atoms with E-state index >= 15 is 0 Å². The highest BCUT2D eigenvalue weighted by atomic mass is 79.9. The first kappa shape index (κ1) is 12.1. The van der Waals surface area contributed by atoms with Gasteiger partial charge in [0.25, 0.3) is 0 Å². The van der Waals surface area contributed by atoms with E-state index < -0.39 is 0 Å². The molecule has 104 valence electrons. The van der Waals surface area contributed by atoms with Crippen LogP contribution in [0.5, 0.6) is 0 Å². The fourth-order valence-electron chi connectivity index (χ4n) is 3.12. The summed E-state index contributed by atoms with van der Waals surface area (Å²) in [5.41, 5.74) is 2.00. The molecule has 0 saturated carbocycles. The van der Waals surface area contributed by atoms with Gasteiger partial charge in [-0.1, -0.05) is 0 Å². The number of cyclic esters (lactones) is 1. The molecule has 6 nitrogen and oxygen atoms in total. The van der Waals surface area contributed by atoms with E-state index in [1.807, 2.05) is 21.7 Å². The van der Waals surface area contributed by atoms with Crippen LogP contribution in [-0.4, -0.2) is 44.6 Å². The number of rotatable bonds is 1.